The Hall–Kier alpha value is -2.12. The number of piperazine rings is 1. The van der Waals surface area contributed by atoms with Crippen LogP contribution in [0.2, 0.25) is 0 Å². The van der Waals surface area contributed by atoms with Crippen molar-refractivity contribution in [1.82, 2.24) is 20.4 Å². The summed E-state index contributed by atoms with van der Waals surface area (Å²) >= 11 is 0. The third-order valence-electron chi connectivity index (χ3n) is 4.13. The van der Waals surface area contributed by atoms with Gasteiger partial charge in [-0.25, -0.2) is 4.79 Å². The van der Waals surface area contributed by atoms with Gasteiger partial charge in [-0.2, -0.15) is 0 Å². The molecule has 7 nitrogen and oxygen atoms in total. The third-order valence-corrected chi connectivity index (χ3v) is 4.13. The summed E-state index contributed by atoms with van der Waals surface area (Å²) in [5.41, 5.74) is 1.45. The summed E-state index contributed by atoms with van der Waals surface area (Å²) < 4.78 is 0. The summed E-state index contributed by atoms with van der Waals surface area (Å²) in [4.78, 5) is 38.6. The van der Waals surface area contributed by atoms with Crippen molar-refractivity contribution in [3.8, 4) is 0 Å². The van der Waals surface area contributed by atoms with Crippen LogP contribution in [0, 0.1) is 0 Å². The fourth-order valence-electron chi connectivity index (χ4n) is 2.85. The Labute approximate surface area is 146 Å². The van der Waals surface area contributed by atoms with E-state index < -0.39 is 0 Å². The molecule has 1 atom stereocenters. The van der Waals surface area contributed by atoms with E-state index in [4.69, 9.17) is 0 Å². The van der Waals surface area contributed by atoms with Gasteiger partial charge in [0, 0.05) is 31.2 Å². The normalized spacial score (nSPS) is 20.6. The first-order valence-electron chi connectivity index (χ1n) is 7.74. The Morgan fingerprint density at radius 3 is 2.54 bits per heavy atom. The van der Waals surface area contributed by atoms with Crippen LogP contribution in [0.3, 0.4) is 0 Å². The quantitative estimate of drug-likeness (QED) is 0.780. The fraction of sp³-hybridized carbons (Fsp3) is 0.438. The fourth-order valence-corrected chi connectivity index (χ4v) is 2.85. The molecule has 0 saturated carbocycles. The lowest BCUT2D eigenvalue weighted by atomic mass is 10.1. The van der Waals surface area contributed by atoms with E-state index in [9.17, 15) is 14.4 Å². The molecular formula is C16H21ClN4O3. The lowest BCUT2D eigenvalue weighted by Gasteiger charge is -2.32. The van der Waals surface area contributed by atoms with E-state index in [1.807, 2.05) is 4.90 Å². The molecule has 1 aromatic rings. The average molecular weight is 353 g/mol. The molecule has 2 heterocycles. The third kappa shape index (κ3) is 3.85. The molecule has 0 aromatic heterocycles. The number of nitrogens with one attached hydrogen (secondary N) is 2. The molecule has 3 rings (SSSR count). The van der Waals surface area contributed by atoms with Crippen molar-refractivity contribution in [1.29, 1.82) is 0 Å². The van der Waals surface area contributed by atoms with E-state index in [1.54, 1.807) is 24.3 Å². The van der Waals surface area contributed by atoms with Crippen molar-refractivity contribution in [2.24, 2.45) is 0 Å². The summed E-state index contributed by atoms with van der Waals surface area (Å²) in [5, 5.41) is 5.79. The highest BCUT2D eigenvalue weighted by Gasteiger charge is 2.28. The SMILES string of the molecule is CC1CN(C(=O)c2ccc(CN3C(=O)CNC3=O)cc2)CCN1.Cl. The van der Waals surface area contributed by atoms with Gasteiger partial charge in [0.15, 0.2) is 0 Å². The van der Waals surface area contributed by atoms with Crippen LogP contribution in [-0.4, -0.2) is 59.9 Å². The van der Waals surface area contributed by atoms with Crippen LogP contribution < -0.4 is 10.6 Å². The summed E-state index contributed by atoms with van der Waals surface area (Å²) in [6, 6.07) is 7.01. The highest BCUT2D eigenvalue weighted by Crippen LogP contribution is 2.13. The summed E-state index contributed by atoms with van der Waals surface area (Å²) in [6.45, 7) is 4.54. The first kappa shape index (κ1) is 18.2. The number of hydrogen-bond donors (Lipinski definition) is 2. The Balaban J connectivity index is 0.00000208. The lowest BCUT2D eigenvalue weighted by molar-refractivity contribution is -0.125. The Morgan fingerprint density at radius 1 is 1.25 bits per heavy atom. The summed E-state index contributed by atoms with van der Waals surface area (Å²) in [5.74, 6) is -0.218. The molecular weight excluding hydrogens is 332 g/mol. The van der Waals surface area contributed by atoms with E-state index in [0.29, 0.717) is 24.7 Å². The molecule has 4 amide bonds. The van der Waals surface area contributed by atoms with Crippen molar-refractivity contribution in [3.63, 3.8) is 0 Å². The van der Waals surface area contributed by atoms with Crippen LogP contribution in [0.5, 0.6) is 0 Å². The molecule has 8 heteroatoms. The number of amides is 4. The Morgan fingerprint density at radius 2 is 1.96 bits per heavy atom. The molecule has 2 N–H and O–H groups in total. The van der Waals surface area contributed by atoms with Crippen LogP contribution in [-0.2, 0) is 11.3 Å². The maximum atomic E-state index is 12.5. The van der Waals surface area contributed by atoms with Crippen molar-refractivity contribution in [2.45, 2.75) is 19.5 Å². The van der Waals surface area contributed by atoms with Gasteiger partial charge in [0.1, 0.15) is 0 Å². The second-order valence-electron chi connectivity index (χ2n) is 5.94. The number of carbonyl (C=O) groups excluding carboxylic acids is 3. The van der Waals surface area contributed by atoms with Gasteiger partial charge in [-0.1, -0.05) is 12.1 Å². The lowest BCUT2D eigenvalue weighted by Crippen LogP contribution is -2.51. The molecule has 0 radical (unpaired) electrons. The molecule has 1 unspecified atom stereocenters. The van der Waals surface area contributed by atoms with Crippen molar-refractivity contribution < 1.29 is 14.4 Å². The van der Waals surface area contributed by atoms with Gasteiger partial charge in [-0.05, 0) is 24.6 Å². The number of imide groups is 1. The molecule has 1 aromatic carbocycles. The second-order valence-corrected chi connectivity index (χ2v) is 5.94. The number of hydrogen-bond acceptors (Lipinski definition) is 4. The van der Waals surface area contributed by atoms with Crippen molar-refractivity contribution in [2.75, 3.05) is 26.2 Å². The highest BCUT2D eigenvalue weighted by molar-refractivity contribution is 6.01. The van der Waals surface area contributed by atoms with Crippen LogP contribution >= 0.6 is 12.4 Å². The minimum absolute atomic E-state index is 0. The highest BCUT2D eigenvalue weighted by atomic mass is 35.5. The smallest absolute Gasteiger partial charge is 0.324 e. The van der Waals surface area contributed by atoms with Gasteiger partial charge >= 0.3 is 6.03 Å². The molecule has 0 aliphatic carbocycles. The number of urea groups is 1. The van der Waals surface area contributed by atoms with E-state index in [1.165, 1.54) is 4.90 Å². The number of halogens is 1. The van der Waals surface area contributed by atoms with Crippen LogP contribution in [0.1, 0.15) is 22.8 Å². The molecule has 0 bridgehead atoms. The number of rotatable bonds is 3. The maximum absolute atomic E-state index is 12.5. The summed E-state index contributed by atoms with van der Waals surface area (Å²) in [6.07, 6.45) is 0. The molecule has 24 heavy (non-hydrogen) atoms. The van der Waals surface area contributed by atoms with E-state index in [-0.39, 0.29) is 43.3 Å². The van der Waals surface area contributed by atoms with Gasteiger partial charge < -0.3 is 15.5 Å². The number of carbonyl (C=O) groups is 3. The average Bonchev–Trinajstić information content (AvgIpc) is 2.87. The second kappa shape index (κ2) is 7.63. The zero-order valence-electron chi connectivity index (χ0n) is 13.4. The zero-order chi connectivity index (χ0) is 16.4. The Kier molecular flexibility index (Phi) is 5.80. The first-order valence-corrected chi connectivity index (χ1v) is 7.74. The Bertz CT molecular complexity index is 619. The van der Waals surface area contributed by atoms with E-state index in [2.05, 4.69) is 17.6 Å². The number of nitrogens with zero attached hydrogens (tertiary/aromatic N) is 2. The van der Waals surface area contributed by atoms with Gasteiger partial charge in [-0.3, -0.25) is 14.5 Å². The van der Waals surface area contributed by atoms with Crippen molar-refractivity contribution in [3.05, 3.63) is 35.4 Å². The molecule has 2 aliphatic heterocycles. The van der Waals surface area contributed by atoms with Gasteiger partial charge in [-0.15, -0.1) is 12.4 Å². The molecule has 2 saturated heterocycles. The van der Waals surface area contributed by atoms with E-state index >= 15 is 0 Å². The van der Waals surface area contributed by atoms with E-state index in [0.717, 1.165) is 12.1 Å². The van der Waals surface area contributed by atoms with Gasteiger partial charge in [0.05, 0.1) is 13.1 Å². The molecule has 2 aliphatic rings. The predicted molar refractivity (Wildman–Crippen MR) is 91.0 cm³/mol. The topological polar surface area (TPSA) is 81.8 Å². The van der Waals surface area contributed by atoms with Crippen LogP contribution in [0.4, 0.5) is 4.79 Å². The predicted octanol–water partition coefficient (Wildman–Crippen LogP) is 0.594. The minimum atomic E-state index is -0.370. The van der Waals surface area contributed by atoms with Crippen LogP contribution in [0.15, 0.2) is 24.3 Å². The van der Waals surface area contributed by atoms with Crippen LogP contribution in [0.25, 0.3) is 0 Å². The molecule has 2 fully saturated rings. The maximum Gasteiger partial charge on any atom is 0.324 e. The largest absolute Gasteiger partial charge is 0.336 e. The standard InChI is InChI=1S/C16H20N4O3.ClH/c1-11-9-19(7-6-17-11)15(22)13-4-2-12(3-5-13)10-20-14(21)8-18-16(20)23;/h2-5,11,17H,6-10H2,1H3,(H,18,23);1H. The first-order chi connectivity index (χ1) is 11.0. The monoisotopic (exact) mass is 352 g/mol. The van der Waals surface area contributed by atoms with Gasteiger partial charge in [0.2, 0.25) is 5.91 Å². The van der Waals surface area contributed by atoms with Crippen molar-refractivity contribution >= 4 is 30.3 Å². The van der Waals surface area contributed by atoms with Gasteiger partial charge in [0.25, 0.3) is 5.91 Å². The molecule has 130 valence electrons. The molecule has 0 spiro atoms. The minimum Gasteiger partial charge on any atom is -0.336 e. The zero-order valence-corrected chi connectivity index (χ0v) is 14.3. The summed E-state index contributed by atoms with van der Waals surface area (Å²) in [7, 11) is 0. The number of benzene rings is 1.